The lowest BCUT2D eigenvalue weighted by Crippen LogP contribution is -2.23. The molecule has 1 aliphatic rings. The van der Waals surface area contributed by atoms with Crippen LogP contribution in [0.4, 0.5) is 0 Å². The van der Waals surface area contributed by atoms with Crippen LogP contribution in [0.3, 0.4) is 0 Å². The van der Waals surface area contributed by atoms with Gasteiger partial charge in [0, 0.05) is 12.3 Å². The number of unbranched alkanes of at least 4 members (excludes halogenated alkanes) is 1. The smallest absolute Gasteiger partial charge is 0.303 e. The summed E-state index contributed by atoms with van der Waals surface area (Å²) in [6, 6.07) is 9.28. The molecular formula is C21H28O6. The SMILES string of the molecule is O=C(O)CCCC=CC[C@H]1[C@@H](O)CO[C@@H]1C=C[C@H](O)COc1ccccc1. The number of para-hydroxylation sites is 1. The molecule has 0 saturated carbocycles. The van der Waals surface area contributed by atoms with Crippen molar-refractivity contribution in [3.8, 4) is 5.75 Å². The lowest BCUT2D eigenvalue weighted by molar-refractivity contribution is -0.137. The second kappa shape index (κ2) is 11.5. The average molecular weight is 376 g/mol. The highest BCUT2D eigenvalue weighted by atomic mass is 16.5. The van der Waals surface area contributed by atoms with Crippen LogP contribution in [0.5, 0.6) is 5.75 Å². The molecule has 0 spiro atoms. The quantitative estimate of drug-likeness (QED) is 0.406. The van der Waals surface area contributed by atoms with Crippen LogP contribution < -0.4 is 4.74 Å². The lowest BCUT2D eigenvalue weighted by Gasteiger charge is -2.16. The number of aliphatic carboxylic acids is 1. The van der Waals surface area contributed by atoms with Gasteiger partial charge >= 0.3 is 5.97 Å². The van der Waals surface area contributed by atoms with Crippen molar-refractivity contribution >= 4 is 5.97 Å². The number of benzene rings is 1. The van der Waals surface area contributed by atoms with Gasteiger partial charge in [-0.2, -0.15) is 0 Å². The van der Waals surface area contributed by atoms with Gasteiger partial charge in [0.1, 0.15) is 18.5 Å². The maximum Gasteiger partial charge on any atom is 0.303 e. The van der Waals surface area contributed by atoms with Crippen molar-refractivity contribution in [2.75, 3.05) is 13.2 Å². The van der Waals surface area contributed by atoms with Crippen molar-refractivity contribution in [3.63, 3.8) is 0 Å². The third-order valence-corrected chi connectivity index (χ3v) is 4.40. The van der Waals surface area contributed by atoms with Crippen molar-refractivity contribution < 1.29 is 29.6 Å². The molecular weight excluding hydrogens is 348 g/mol. The average Bonchev–Trinajstić information content (AvgIpc) is 3.01. The summed E-state index contributed by atoms with van der Waals surface area (Å²) in [5, 5.41) is 28.8. The Kier molecular flexibility index (Phi) is 9.04. The van der Waals surface area contributed by atoms with Crippen molar-refractivity contribution in [1.82, 2.24) is 0 Å². The number of rotatable bonds is 11. The molecule has 0 unspecified atom stereocenters. The van der Waals surface area contributed by atoms with Crippen molar-refractivity contribution in [2.24, 2.45) is 5.92 Å². The summed E-state index contributed by atoms with van der Waals surface area (Å²) in [6.07, 6.45) is 7.83. The monoisotopic (exact) mass is 376 g/mol. The minimum Gasteiger partial charge on any atom is -0.491 e. The fourth-order valence-corrected chi connectivity index (χ4v) is 2.90. The Hall–Kier alpha value is -2.15. The molecule has 0 aliphatic carbocycles. The Morgan fingerprint density at radius 2 is 2.07 bits per heavy atom. The predicted octanol–water partition coefficient (Wildman–Crippen LogP) is 2.56. The van der Waals surface area contributed by atoms with Gasteiger partial charge in [0.15, 0.2) is 0 Å². The van der Waals surface area contributed by atoms with Gasteiger partial charge in [-0.1, -0.05) is 42.5 Å². The molecule has 1 fully saturated rings. The predicted molar refractivity (Wildman–Crippen MR) is 102 cm³/mol. The number of aliphatic hydroxyl groups excluding tert-OH is 2. The number of carboxylic acid groups (broad SMARTS) is 1. The summed E-state index contributed by atoms with van der Waals surface area (Å²) >= 11 is 0. The standard InChI is InChI=1S/C21H28O6/c22-16(14-26-17-8-4-3-5-9-17)12-13-20-18(19(23)15-27-20)10-6-1-2-7-11-21(24)25/h1,3-6,8-9,12-13,16,18-20,22-23H,2,7,10-11,14-15H2,(H,24,25)/t16-,18-,19-,20+/m0/s1. The zero-order valence-corrected chi connectivity index (χ0v) is 15.3. The number of allylic oxidation sites excluding steroid dienone is 2. The summed E-state index contributed by atoms with van der Waals surface area (Å²) in [4.78, 5) is 10.5. The van der Waals surface area contributed by atoms with Crippen LogP contribution in [0.1, 0.15) is 25.7 Å². The van der Waals surface area contributed by atoms with Gasteiger partial charge in [0.2, 0.25) is 0 Å². The fraction of sp³-hybridized carbons (Fsp3) is 0.476. The van der Waals surface area contributed by atoms with Gasteiger partial charge in [0.25, 0.3) is 0 Å². The topological polar surface area (TPSA) is 96.2 Å². The summed E-state index contributed by atoms with van der Waals surface area (Å²) in [6.45, 7) is 0.410. The van der Waals surface area contributed by atoms with Crippen molar-refractivity contribution in [2.45, 2.75) is 44.0 Å². The Morgan fingerprint density at radius 1 is 1.30 bits per heavy atom. The van der Waals surface area contributed by atoms with Gasteiger partial charge in [-0.05, 0) is 31.4 Å². The summed E-state index contributed by atoms with van der Waals surface area (Å²) in [7, 11) is 0. The first-order valence-corrected chi connectivity index (χ1v) is 9.27. The van der Waals surface area contributed by atoms with Crippen LogP contribution in [-0.2, 0) is 9.53 Å². The highest BCUT2D eigenvalue weighted by Crippen LogP contribution is 2.26. The van der Waals surface area contributed by atoms with E-state index in [1.165, 1.54) is 0 Å². The van der Waals surface area contributed by atoms with E-state index < -0.39 is 18.2 Å². The van der Waals surface area contributed by atoms with Crippen LogP contribution in [-0.4, -0.2) is 52.8 Å². The molecule has 0 amide bonds. The molecule has 1 saturated heterocycles. The largest absolute Gasteiger partial charge is 0.491 e. The minimum atomic E-state index is -0.789. The molecule has 27 heavy (non-hydrogen) atoms. The molecule has 0 aromatic heterocycles. The van der Waals surface area contributed by atoms with E-state index in [-0.39, 0.29) is 31.7 Å². The van der Waals surface area contributed by atoms with E-state index in [1.54, 1.807) is 12.2 Å². The Bertz CT molecular complexity index is 612. The molecule has 4 atom stereocenters. The Labute approximate surface area is 159 Å². The number of hydrogen-bond acceptors (Lipinski definition) is 5. The van der Waals surface area contributed by atoms with Crippen molar-refractivity contribution in [1.29, 1.82) is 0 Å². The maximum absolute atomic E-state index is 10.5. The molecule has 6 heteroatoms. The van der Waals surface area contributed by atoms with E-state index >= 15 is 0 Å². The van der Waals surface area contributed by atoms with E-state index in [0.29, 0.717) is 25.0 Å². The second-order valence-electron chi connectivity index (χ2n) is 6.60. The first-order chi connectivity index (χ1) is 13.1. The fourth-order valence-electron chi connectivity index (χ4n) is 2.90. The van der Waals surface area contributed by atoms with Gasteiger partial charge in [-0.3, -0.25) is 4.79 Å². The van der Waals surface area contributed by atoms with Crippen LogP contribution in [0.2, 0.25) is 0 Å². The third-order valence-electron chi connectivity index (χ3n) is 4.40. The van der Waals surface area contributed by atoms with E-state index in [2.05, 4.69) is 0 Å². The molecule has 1 heterocycles. The molecule has 3 N–H and O–H groups in total. The molecule has 0 bridgehead atoms. The van der Waals surface area contributed by atoms with E-state index in [9.17, 15) is 15.0 Å². The normalized spacial score (nSPS) is 23.9. The molecule has 6 nitrogen and oxygen atoms in total. The van der Waals surface area contributed by atoms with Gasteiger partial charge in [0.05, 0.1) is 18.8 Å². The number of carbonyl (C=O) groups is 1. The van der Waals surface area contributed by atoms with Crippen LogP contribution in [0.25, 0.3) is 0 Å². The van der Waals surface area contributed by atoms with Crippen LogP contribution in [0, 0.1) is 5.92 Å². The summed E-state index contributed by atoms with van der Waals surface area (Å²) < 4.78 is 11.1. The minimum absolute atomic E-state index is 0.0841. The molecule has 0 radical (unpaired) electrons. The molecule has 1 aliphatic heterocycles. The van der Waals surface area contributed by atoms with E-state index in [0.717, 1.165) is 0 Å². The first-order valence-electron chi connectivity index (χ1n) is 9.27. The molecule has 1 aromatic rings. The Morgan fingerprint density at radius 3 is 2.81 bits per heavy atom. The summed E-state index contributed by atoms with van der Waals surface area (Å²) in [5.41, 5.74) is 0. The van der Waals surface area contributed by atoms with Gasteiger partial charge in [-0.25, -0.2) is 0 Å². The zero-order chi connectivity index (χ0) is 19.5. The second-order valence-corrected chi connectivity index (χ2v) is 6.60. The maximum atomic E-state index is 10.5. The van der Waals surface area contributed by atoms with E-state index in [4.69, 9.17) is 14.6 Å². The number of ether oxygens (including phenoxy) is 2. The lowest BCUT2D eigenvalue weighted by atomic mass is 9.94. The van der Waals surface area contributed by atoms with Crippen molar-refractivity contribution in [3.05, 3.63) is 54.6 Å². The zero-order valence-electron chi connectivity index (χ0n) is 15.3. The van der Waals surface area contributed by atoms with E-state index in [1.807, 2.05) is 42.5 Å². The molecule has 1 aromatic carbocycles. The highest BCUT2D eigenvalue weighted by molar-refractivity contribution is 5.66. The Balaban J connectivity index is 1.75. The van der Waals surface area contributed by atoms with Crippen LogP contribution in [0.15, 0.2) is 54.6 Å². The number of carboxylic acids is 1. The molecule has 2 rings (SSSR count). The first kappa shape index (κ1) is 21.2. The molecule has 148 valence electrons. The third kappa shape index (κ3) is 7.95. The van der Waals surface area contributed by atoms with Gasteiger partial charge in [-0.15, -0.1) is 0 Å². The highest BCUT2D eigenvalue weighted by Gasteiger charge is 2.33. The van der Waals surface area contributed by atoms with Gasteiger partial charge < -0.3 is 24.8 Å². The number of hydrogen-bond donors (Lipinski definition) is 3. The van der Waals surface area contributed by atoms with Crippen LogP contribution >= 0.6 is 0 Å². The number of aliphatic hydroxyl groups is 2. The summed E-state index contributed by atoms with van der Waals surface area (Å²) in [5.74, 6) is -0.175.